The number of amides is 1. The fourth-order valence-electron chi connectivity index (χ4n) is 2.51. The summed E-state index contributed by atoms with van der Waals surface area (Å²) in [6.45, 7) is 1.41. The molecule has 1 aliphatic rings. The van der Waals surface area contributed by atoms with Crippen LogP contribution in [0.25, 0.3) is 10.8 Å². The van der Waals surface area contributed by atoms with Crippen molar-refractivity contribution < 1.29 is 4.79 Å². The molecule has 1 aromatic carbocycles. The number of hydrogen-bond acceptors (Lipinski definition) is 3. The number of fused-ring (bicyclic) bond motifs is 1. The molecule has 1 amide bonds. The number of nitrogens with zero attached hydrogens (tertiary/aromatic N) is 2. The van der Waals surface area contributed by atoms with Crippen LogP contribution in [0, 0.1) is 5.92 Å². The zero-order chi connectivity index (χ0) is 13.4. The summed E-state index contributed by atoms with van der Waals surface area (Å²) in [6.07, 6.45) is 0.779. The summed E-state index contributed by atoms with van der Waals surface area (Å²) in [5.41, 5.74) is 5.35. The minimum Gasteiger partial charge on any atom is -0.369 e. The van der Waals surface area contributed by atoms with E-state index >= 15 is 0 Å². The predicted molar refractivity (Wildman–Crippen MR) is 76.3 cm³/mol. The fraction of sp³-hybridized carbons (Fsp3) is 0.286. The van der Waals surface area contributed by atoms with Crippen LogP contribution in [0.3, 0.4) is 0 Å². The fourth-order valence-corrected chi connectivity index (χ4v) is 2.76. The summed E-state index contributed by atoms with van der Waals surface area (Å²) in [7, 11) is 0. The Hall–Kier alpha value is -1.81. The third-order valence-corrected chi connectivity index (χ3v) is 3.88. The van der Waals surface area contributed by atoms with Crippen LogP contribution < -0.4 is 10.6 Å². The Kier molecular flexibility index (Phi) is 3.03. The minimum absolute atomic E-state index is 0.0907. The molecular weight excluding hydrogens is 262 g/mol. The van der Waals surface area contributed by atoms with Gasteiger partial charge in [0.05, 0.1) is 5.92 Å². The van der Waals surface area contributed by atoms with Gasteiger partial charge < -0.3 is 10.6 Å². The van der Waals surface area contributed by atoms with Crippen molar-refractivity contribution in [2.24, 2.45) is 11.7 Å². The van der Waals surface area contributed by atoms with E-state index in [4.69, 9.17) is 17.3 Å². The highest BCUT2D eigenvalue weighted by atomic mass is 35.5. The summed E-state index contributed by atoms with van der Waals surface area (Å²) >= 11 is 6.21. The largest absolute Gasteiger partial charge is 0.369 e. The zero-order valence-electron chi connectivity index (χ0n) is 10.3. The standard InChI is InChI=1S/C14H14ClN3O/c15-13-11-4-2-1-3-9(11)7-12(17-13)18-6-5-10(8-18)14(16)19/h1-4,7,10H,5-6,8H2,(H2,16,19). The van der Waals surface area contributed by atoms with Crippen molar-refractivity contribution in [2.75, 3.05) is 18.0 Å². The van der Waals surface area contributed by atoms with Gasteiger partial charge in [-0.3, -0.25) is 4.79 Å². The maximum Gasteiger partial charge on any atom is 0.222 e. The highest BCUT2D eigenvalue weighted by molar-refractivity contribution is 6.34. The third kappa shape index (κ3) is 2.24. The number of benzene rings is 1. The lowest BCUT2D eigenvalue weighted by Crippen LogP contribution is -2.27. The van der Waals surface area contributed by atoms with Crippen LogP contribution in [0.1, 0.15) is 6.42 Å². The van der Waals surface area contributed by atoms with Gasteiger partial charge in [-0.15, -0.1) is 0 Å². The molecule has 0 saturated carbocycles. The molecule has 0 spiro atoms. The molecule has 5 heteroatoms. The van der Waals surface area contributed by atoms with Crippen molar-refractivity contribution in [1.29, 1.82) is 0 Å². The molecule has 1 aliphatic heterocycles. The molecule has 98 valence electrons. The van der Waals surface area contributed by atoms with E-state index in [-0.39, 0.29) is 11.8 Å². The van der Waals surface area contributed by atoms with Gasteiger partial charge in [0.2, 0.25) is 5.91 Å². The molecule has 0 aliphatic carbocycles. The van der Waals surface area contributed by atoms with E-state index in [1.54, 1.807) is 0 Å². The molecule has 19 heavy (non-hydrogen) atoms. The summed E-state index contributed by atoms with van der Waals surface area (Å²) < 4.78 is 0. The molecule has 1 atom stereocenters. The SMILES string of the molecule is NC(=O)C1CCN(c2cc3ccccc3c(Cl)n2)C1. The molecule has 3 rings (SSSR count). The molecule has 0 radical (unpaired) electrons. The maximum absolute atomic E-state index is 11.2. The highest BCUT2D eigenvalue weighted by Gasteiger charge is 2.27. The lowest BCUT2D eigenvalue weighted by Gasteiger charge is -2.18. The van der Waals surface area contributed by atoms with Gasteiger partial charge in [0.15, 0.2) is 0 Å². The van der Waals surface area contributed by atoms with E-state index in [0.717, 1.165) is 29.6 Å². The summed E-state index contributed by atoms with van der Waals surface area (Å²) in [4.78, 5) is 17.7. The van der Waals surface area contributed by atoms with Crippen molar-refractivity contribution in [3.05, 3.63) is 35.5 Å². The van der Waals surface area contributed by atoms with Gasteiger partial charge in [0.1, 0.15) is 11.0 Å². The number of nitrogens with two attached hydrogens (primary N) is 1. The molecule has 2 heterocycles. The van der Waals surface area contributed by atoms with Gasteiger partial charge >= 0.3 is 0 Å². The number of aromatic nitrogens is 1. The number of hydrogen-bond donors (Lipinski definition) is 1. The van der Waals surface area contributed by atoms with Crippen molar-refractivity contribution in [3.8, 4) is 0 Å². The summed E-state index contributed by atoms with van der Waals surface area (Å²) in [5.74, 6) is 0.480. The second-order valence-corrected chi connectivity index (χ2v) is 5.18. The summed E-state index contributed by atoms with van der Waals surface area (Å²) in [6, 6.07) is 9.87. The molecule has 0 bridgehead atoms. The predicted octanol–water partition coefficient (Wildman–Crippen LogP) is 2.20. The van der Waals surface area contributed by atoms with Crippen LogP contribution in [0.15, 0.2) is 30.3 Å². The lowest BCUT2D eigenvalue weighted by atomic mass is 10.1. The molecule has 1 aromatic heterocycles. The van der Waals surface area contributed by atoms with Gasteiger partial charge in [-0.2, -0.15) is 0 Å². The molecule has 1 unspecified atom stereocenters. The van der Waals surface area contributed by atoms with Crippen molar-refractivity contribution >= 4 is 34.1 Å². The molecule has 2 aromatic rings. The smallest absolute Gasteiger partial charge is 0.222 e. The topological polar surface area (TPSA) is 59.2 Å². The Bertz CT molecular complexity index is 644. The van der Waals surface area contributed by atoms with E-state index in [0.29, 0.717) is 11.7 Å². The van der Waals surface area contributed by atoms with E-state index < -0.39 is 0 Å². The quantitative estimate of drug-likeness (QED) is 0.855. The Labute approximate surface area is 116 Å². The Morgan fingerprint density at radius 1 is 1.42 bits per heavy atom. The van der Waals surface area contributed by atoms with E-state index in [1.807, 2.05) is 30.3 Å². The summed E-state index contributed by atoms with van der Waals surface area (Å²) in [5, 5.41) is 2.49. The van der Waals surface area contributed by atoms with Gasteiger partial charge in [-0.05, 0) is 17.9 Å². The first-order valence-corrected chi connectivity index (χ1v) is 6.62. The van der Waals surface area contributed by atoms with E-state index in [2.05, 4.69) is 9.88 Å². The Morgan fingerprint density at radius 3 is 2.95 bits per heavy atom. The van der Waals surface area contributed by atoms with Crippen LogP contribution in [0.2, 0.25) is 5.15 Å². The van der Waals surface area contributed by atoms with Gasteiger partial charge in [0.25, 0.3) is 0 Å². The second-order valence-electron chi connectivity index (χ2n) is 4.83. The number of anilines is 1. The van der Waals surface area contributed by atoms with E-state index in [9.17, 15) is 4.79 Å². The number of carbonyl (C=O) groups is 1. The molecule has 4 nitrogen and oxygen atoms in total. The van der Waals surface area contributed by atoms with Crippen LogP contribution in [-0.4, -0.2) is 24.0 Å². The van der Waals surface area contributed by atoms with Crippen LogP contribution >= 0.6 is 11.6 Å². The first-order valence-electron chi connectivity index (χ1n) is 6.24. The first kappa shape index (κ1) is 12.2. The number of primary amides is 1. The first-order chi connectivity index (χ1) is 9.15. The zero-order valence-corrected chi connectivity index (χ0v) is 11.1. The normalized spacial score (nSPS) is 19.0. The highest BCUT2D eigenvalue weighted by Crippen LogP contribution is 2.29. The van der Waals surface area contributed by atoms with E-state index in [1.165, 1.54) is 0 Å². The van der Waals surface area contributed by atoms with Crippen LogP contribution in [0.5, 0.6) is 0 Å². The molecule has 1 fully saturated rings. The Morgan fingerprint density at radius 2 is 2.21 bits per heavy atom. The maximum atomic E-state index is 11.2. The van der Waals surface area contributed by atoms with Gasteiger partial charge in [-0.25, -0.2) is 4.98 Å². The van der Waals surface area contributed by atoms with Crippen molar-refractivity contribution in [2.45, 2.75) is 6.42 Å². The molecular formula is C14H14ClN3O. The van der Waals surface area contributed by atoms with Crippen molar-refractivity contribution in [3.63, 3.8) is 0 Å². The number of pyridine rings is 1. The van der Waals surface area contributed by atoms with Crippen LogP contribution in [0.4, 0.5) is 5.82 Å². The minimum atomic E-state index is -0.241. The van der Waals surface area contributed by atoms with Gasteiger partial charge in [-0.1, -0.05) is 35.9 Å². The second kappa shape index (κ2) is 4.70. The lowest BCUT2D eigenvalue weighted by molar-refractivity contribution is -0.121. The average Bonchev–Trinajstić information content (AvgIpc) is 2.88. The third-order valence-electron chi connectivity index (χ3n) is 3.59. The Balaban J connectivity index is 1.96. The molecule has 2 N–H and O–H groups in total. The van der Waals surface area contributed by atoms with Crippen LogP contribution in [-0.2, 0) is 4.79 Å². The number of halogens is 1. The number of carbonyl (C=O) groups excluding carboxylic acids is 1. The monoisotopic (exact) mass is 275 g/mol. The average molecular weight is 276 g/mol. The van der Waals surface area contributed by atoms with Gasteiger partial charge in [0, 0.05) is 18.5 Å². The molecule has 1 saturated heterocycles. The number of rotatable bonds is 2. The van der Waals surface area contributed by atoms with Crippen molar-refractivity contribution in [1.82, 2.24) is 4.98 Å².